The molecule has 0 radical (unpaired) electrons. The summed E-state index contributed by atoms with van der Waals surface area (Å²) in [7, 11) is 0. The third kappa shape index (κ3) is 5.45. The molecule has 0 spiro atoms. The lowest BCUT2D eigenvalue weighted by Gasteiger charge is -2.16. The van der Waals surface area contributed by atoms with Crippen LogP contribution in [0.25, 0.3) is 0 Å². The second-order valence-corrected chi connectivity index (χ2v) is 3.91. The van der Waals surface area contributed by atoms with Crippen molar-refractivity contribution in [2.75, 3.05) is 18.6 Å². The van der Waals surface area contributed by atoms with E-state index in [1.165, 1.54) is 0 Å². The smallest absolute Gasteiger partial charge is 0.0666 e. The van der Waals surface area contributed by atoms with Crippen molar-refractivity contribution in [3.63, 3.8) is 0 Å². The third-order valence-electron chi connectivity index (χ3n) is 1.79. The molecule has 0 rings (SSSR count). The Morgan fingerprint density at radius 3 is 2.67 bits per heavy atom. The van der Waals surface area contributed by atoms with Gasteiger partial charge >= 0.3 is 0 Å². The summed E-state index contributed by atoms with van der Waals surface area (Å²) in [6.45, 7) is 4.93. The molecule has 0 aromatic carbocycles. The first-order valence-corrected chi connectivity index (χ1v) is 5.75. The summed E-state index contributed by atoms with van der Waals surface area (Å²) in [5, 5.41) is 11.9. The summed E-state index contributed by atoms with van der Waals surface area (Å²) in [5.41, 5.74) is 0. The fourth-order valence-corrected chi connectivity index (χ4v) is 1.67. The molecular weight excluding hydrogens is 168 g/mol. The van der Waals surface area contributed by atoms with E-state index in [4.69, 9.17) is 5.26 Å². The first kappa shape index (κ1) is 11.8. The Morgan fingerprint density at radius 2 is 2.25 bits per heavy atom. The quantitative estimate of drug-likeness (QED) is 0.688. The molecule has 0 saturated heterocycles. The summed E-state index contributed by atoms with van der Waals surface area (Å²) in [6, 6.07) is 2.78. The summed E-state index contributed by atoms with van der Waals surface area (Å²) in [5.74, 6) is 1.26. The molecule has 0 heterocycles. The summed E-state index contributed by atoms with van der Waals surface area (Å²) < 4.78 is 0. The van der Waals surface area contributed by atoms with E-state index in [2.05, 4.69) is 24.6 Å². The van der Waals surface area contributed by atoms with E-state index < -0.39 is 0 Å². The molecule has 0 aliphatic rings. The number of nitrogens with zero attached hydrogens (tertiary/aromatic N) is 1. The molecule has 1 N–H and O–H groups in total. The zero-order chi connectivity index (χ0) is 9.40. The van der Waals surface area contributed by atoms with Gasteiger partial charge in [-0.15, -0.1) is 0 Å². The number of thioether (sulfide) groups is 1. The predicted octanol–water partition coefficient (Wildman–Crippen LogP) is 1.88. The van der Waals surface area contributed by atoms with Crippen molar-refractivity contribution in [1.29, 1.82) is 5.26 Å². The minimum atomic E-state index is 0.126. The zero-order valence-corrected chi connectivity index (χ0v) is 8.95. The standard InChI is InChI=1S/C9H18N2S/c1-4-9(7-12-3)11-6-8(2)5-10/h8-9,11H,4,6-7H2,1-3H3. The van der Waals surface area contributed by atoms with Crippen LogP contribution in [0.3, 0.4) is 0 Å². The first-order valence-electron chi connectivity index (χ1n) is 4.36. The highest BCUT2D eigenvalue weighted by Crippen LogP contribution is 2.01. The fourth-order valence-electron chi connectivity index (χ4n) is 0.911. The molecule has 0 amide bonds. The van der Waals surface area contributed by atoms with E-state index in [1.807, 2.05) is 18.7 Å². The van der Waals surface area contributed by atoms with E-state index in [1.54, 1.807) is 0 Å². The number of nitrogens with one attached hydrogen (secondary N) is 1. The van der Waals surface area contributed by atoms with Crippen molar-refractivity contribution in [3.05, 3.63) is 0 Å². The lowest BCUT2D eigenvalue weighted by Crippen LogP contribution is -2.33. The van der Waals surface area contributed by atoms with Crippen LogP contribution in [0.4, 0.5) is 0 Å². The molecule has 2 nitrogen and oxygen atoms in total. The minimum Gasteiger partial charge on any atom is -0.312 e. The van der Waals surface area contributed by atoms with Gasteiger partial charge in [-0.25, -0.2) is 0 Å². The summed E-state index contributed by atoms with van der Waals surface area (Å²) >= 11 is 1.85. The van der Waals surface area contributed by atoms with Gasteiger partial charge in [0.25, 0.3) is 0 Å². The van der Waals surface area contributed by atoms with Gasteiger partial charge in [-0.05, 0) is 19.6 Å². The lowest BCUT2D eigenvalue weighted by atomic mass is 10.2. The highest BCUT2D eigenvalue weighted by molar-refractivity contribution is 7.98. The van der Waals surface area contributed by atoms with Crippen LogP contribution in [-0.2, 0) is 0 Å². The number of hydrogen-bond acceptors (Lipinski definition) is 3. The van der Waals surface area contributed by atoms with Crippen molar-refractivity contribution in [2.45, 2.75) is 26.3 Å². The molecule has 0 aromatic rings. The van der Waals surface area contributed by atoms with Gasteiger partial charge in [0.15, 0.2) is 0 Å². The van der Waals surface area contributed by atoms with E-state index >= 15 is 0 Å². The van der Waals surface area contributed by atoms with Crippen LogP contribution >= 0.6 is 11.8 Å². The topological polar surface area (TPSA) is 35.8 Å². The predicted molar refractivity (Wildman–Crippen MR) is 55.2 cm³/mol. The van der Waals surface area contributed by atoms with Gasteiger partial charge in [-0.1, -0.05) is 6.92 Å². The maximum Gasteiger partial charge on any atom is 0.0666 e. The van der Waals surface area contributed by atoms with Gasteiger partial charge in [0.05, 0.1) is 12.0 Å². The second kappa shape index (κ2) is 7.45. The Morgan fingerprint density at radius 1 is 1.58 bits per heavy atom. The van der Waals surface area contributed by atoms with Crippen LogP contribution in [0.1, 0.15) is 20.3 Å². The Hall–Kier alpha value is -0.200. The average molecular weight is 186 g/mol. The van der Waals surface area contributed by atoms with Crippen molar-refractivity contribution >= 4 is 11.8 Å². The van der Waals surface area contributed by atoms with Gasteiger partial charge in [-0.2, -0.15) is 17.0 Å². The summed E-state index contributed by atoms with van der Waals surface area (Å²) in [6.07, 6.45) is 3.25. The molecule has 3 heteroatoms. The normalized spacial score (nSPS) is 15.2. The molecular formula is C9H18N2S. The minimum absolute atomic E-state index is 0.126. The molecule has 0 fully saturated rings. The van der Waals surface area contributed by atoms with Gasteiger partial charge in [0.1, 0.15) is 0 Å². The van der Waals surface area contributed by atoms with Crippen molar-refractivity contribution in [1.82, 2.24) is 5.32 Å². The van der Waals surface area contributed by atoms with Gasteiger partial charge in [0.2, 0.25) is 0 Å². The van der Waals surface area contributed by atoms with Crippen LogP contribution in [0.5, 0.6) is 0 Å². The number of hydrogen-bond donors (Lipinski definition) is 1. The molecule has 0 aromatic heterocycles. The molecule has 0 aliphatic heterocycles. The highest BCUT2D eigenvalue weighted by atomic mass is 32.2. The van der Waals surface area contributed by atoms with E-state index in [0.717, 1.165) is 18.7 Å². The van der Waals surface area contributed by atoms with Crippen LogP contribution < -0.4 is 5.32 Å². The van der Waals surface area contributed by atoms with E-state index in [9.17, 15) is 0 Å². The molecule has 2 unspecified atom stereocenters. The maximum absolute atomic E-state index is 8.56. The van der Waals surface area contributed by atoms with Gasteiger partial charge in [0, 0.05) is 18.3 Å². The average Bonchev–Trinajstić information content (AvgIpc) is 2.11. The number of nitriles is 1. The SMILES string of the molecule is CCC(CSC)NCC(C)C#N. The third-order valence-corrected chi connectivity index (χ3v) is 2.53. The second-order valence-electron chi connectivity index (χ2n) is 3.00. The first-order chi connectivity index (χ1) is 5.74. The Kier molecular flexibility index (Phi) is 7.33. The van der Waals surface area contributed by atoms with Gasteiger partial charge < -0.3 is 5.32 Å². The maximum atomic E-state index is 8.56. The molecule has 70 valence electrons. The monoisotopic (exact) mass is 186 g/mol. The Labute approximate surface area is 79.7 Å². The fraction of sp³-hybridized carbons (Fsp3) is 0.889. The van der Waals surface area contributed by atoms with Crippen LogP contribution in [-0.4, -0.2) is 24.6 Å². The highest BCUT2D eigenvalue weighted by Gasteiger charge is 2.06. The van der Waals surface area contributed by atoms with Gasteiger partial charge in [-0.3, -0.25) is 0 Å². The van der Waals surface area contributed by atoms with Crippen molar-refractivity contribution in [2.24, 2.45) is 5.92 Å². The van der Waals surface area contributed by atoms with Crippen LogP contribution in [0, 0.1) is 17.2 Å². The Balaban J connectivity index is 3.51. The largest absolute Gasteiger partial charge is 0.312 e. The van der Waals surface area contributed by atoms with Crippen LogP contribution in [0.15, 0.2) is 0 Å². The summed E-state index contributed by atoms with van der Waals surface area (Å²) in [4.78, 5) is 0. The zero-order valence-electron chi connectivity index (χ0n) is 8.13. The van der Waals surface area contributed by atoms with E-state index in [0.29, 0.717) is 6.04 Å². The van der Waals surface area contributed by atoms with Crippen LogP contribution in [0.2, 0.25) is 0 Å². The molecule has 2 atom stereocenters. The number of rotatable bonds is 6. The molecule has 0 bridgehead atoms. The van der Waals surface area contributed by atoms with Crippen molar-refractivity contribution in [3.8, 4) is 6.07 Å². The van der Waals surface area contributed by atoms with Crippen molar-refractivity contribution < 1.29 is 0 Å². The molecule has 0 saturated carbocycles. The molecule has 0 aliphatic carbocycles. The Bertz CT molecular complexity index is 142. The lowest BCUT2D eigenvalue weighted by molar-refractivity contribution is 0.506. The molecule has 12 heavy (non-hydrogen) atoms. The van der Waals surface area contributed by atoms with E-state index in [-0.39, 0.29) is 5.92 Å².